The van der Waals surface area contributed by atoms with Gasteiger partial charge in [0.1, 0.15) is 0 Å². The number of nitrogens with zero attached hydrogens (tertiary/aromatic N) is 2. The van der Waals surface area contributed by atoms with Crippen molar-refractivity contribution in [2.45, 2.75) is 20.3 Å². The van der Waals surface area contributed by atoms with E-state index in [1.807, 2.05) is 31.4 Å². The summed E-state index contributed by atoms with van der Waals surface area (Å²) in [5.74, 6) is -0.624. The third-order valence-electron chi connectivity index (χ3n) is 3.81. The molecule has 0 bridgehead atoms. The highest BCUT2D eigenvalue weighted by Gasteiger charge is 2.35. The van der Waals surface area contributed by atoms with Gasteiger partial charge in [-0.25, -0.2) is 4.98 Å². The number of amides is 2. The van der Waals surface area contributed by atoms with Crippen LogP contribution in [0.25, 0.3) is 0 Å². The zero-order chi connectivity index (χ0) is 16.6. The van der Waals surface area contributed by atoms with Gasteiger partial charge in [0.05, 0.1) is 11.6 Å². The maximum Gasteiger partial charge on any atom is 0.231 e. The number of nitrogens with one attached hydrogen (secondary N) is 1. The second kappa shape index (κ2) is 6.29. The Morgan fingerprint density at radius 2 is 2.22 bits per heavy atom. The van der Waals surface area contributed by atoms with Gasteiger partial charge in [-0.2, -0.15) is 0 Å². The van der Waals surface area contributed by atoms with E-state index in [9.17, 15) is 9.59 Å². The summed E-state index contributed by atoms with van der Waals surface area (Å²) in [5, 5.41) is 5.83. The maximum absolute atomic E-state index is 12.3. The lowest BCUT2D eigenvalue weighted by Gasteiger charge is -2.17. The molecule has 2 amide bonds. The average molecular weight is 350 g/mol. The summed E-state index contributed by atoms with van der Waals surface area (Å²) in [5.41, 5.74) is 2.55. The van der Waals surface area contributed by atoms with E-state index in [0.717, 1.165) is 16.9 Å². The predicted molar refractivity (Wildman–Crippen MR) is 92.1 cm³/mol. The van der Waals surface area contributed by atoms with Crippen LogP contribution in [0.2, 0.25) is 5.02 Å². The molecule has 23 heavy (non-hydrogen) atoms. The molecule has 1 saturated heterocycles. The number of aromatic nitrogens is 1. The fraction of sp³-hybridized carbons (Fsp3) is 0.312. The van der Waals surface area contributed by atoms with Crippen molar-refractivity contribution in [2.75, 3.05) is 16.8 Å². The van der Waals surface area contributed by atoms with Gasteiger partial charge >= 0.3 is 0 Å². The van der Waals surface area contributed by atoms with Crippen LogP contribution in [0.15, 0.2) is 23.6 Å². The lowest BCUT2D eigenvalue weighted by molar-refractivity contribution is -0.122. The molecule has 2 heterocycles. The molecule has 0 saturated carbocycles. The smallest absolute Gasteiger partial charge is 0.231 e. The molecule has 0 radical (unpaired) electrons. The van der Waals surface area contributed by atoms with Crippen LogP contribution in [0.3, 0.4) is 0 Å². The first-order valence-corrected chi connectivity index (χ1v) is 8.49. The number of benzene rings is 1. The Balaban J connectivity index is 1.71. The zero-order valence-corrected chi connectivity index (χ0v) is 14.4. The molecule has 1 fully saturated rings. The third-order valence-corrected chi connectivity index (χ3v) is 5.09. The minimum absolute atomic E-state index is 0.0691. The molecule has 1 aromatic heterocycles. The standard InChI is InChI=1S/C16H16ClN3O2S/c1-9-3-4-12(6-13(9)17)20-7-11(5-14(20)21)15(22)19-16-18-10(2)8-23-16/h3-4,6,8,11H,5,7H2,1-2H3,(H,18,19,22). The number of halogens is 1. The van der Waals surface area contributed by atoms with Crippen molar-refractivity contribution in [3.63, 3.8) is 0 Å². The Bertz CT molecular complexity index is 774. The van der Waals surface area contributed by atoms with Gasteiger partial charge in [-0.1, -0.05) is 17.7 Å². The fourth-order valence-corrected chi connectivity index (χ4v) is 3.37. The second-order valence-corrected chi connectivity index (χ2v) is 6.89. The number of hydrogen-bond acceptors (Lipinski definition) is 4. The highest BCUT2D eigenvalue weighted by molar-refractivity contribution is 7.13. The molecule has 3 rings (SSSR count). The Morgan fingerprint density at radius 1 is 1.43 bits per heavy atom. The van der Waals surface area contributed by atoms with Crippen molar-refractivity contribution in [2.24, 2.45) is 5.92 Å². The molecule has 2 aromatic rings. The summed E-state index contributed by atoms with van der Waals surface area (Å²) in [6, 6.07) is 5.49. The van der Waals surface area contributed by atoms with Gasteiger partial charge in [0.15, 0.2) is 5.13 Å². The van der Waals surface area contributed by atoms with E-state index in [0.29, 0.717) is 16.7 Å². The molecule has 7 heteroatoms. The summed E-state index contributed by atoms with van der Waals surface area (Å²) >= 11 is 7.50. The van der Waals surface area contributed by atoms with Crippen LogP contribution in [-0.4, -0.2) is 23.3 Å². The van der Waals surface area contributed by atoms with Gasteiger partial charge in [0, 0.05) is 29.1 Å². The lowest BCUT2D eigenvalue weighted by Crippen LogP contribution is -2.28. The van der Waals surface area contributed by atoms with Gasteiger partial charge in [0.2, 0.25) is 11.8 Å². The molecular weight excluding hydrogens is 334 g/mol. The average Bonchev–Trinajstić information content (AvgIpc) is 3.08. The van der Waals surface area contributed by atoms with Crippen molar-refractivity contribution in [1.29, 1.82) is 0 Å². The summed E-state index contributed by atoms with van der Waals surface area (Å²) < 4.78 is 0. The van der Waals surface area contributed by atoms with Crippen molar-refractivity contribution in [3.05, 3.63) is 39.9 Å². The molecule has 1 aliphatic heterocycles. The van der Waals surface area contributed by atoms with Crippen LogP contribution in [0.4, 0.5) is 10.8 Å². The molecule has 1 unspecified atom stereocenters. The molecule has 1 aromatic carbocycles. The molecular formula is C16H16ClN3O2S. The minimum atomic E-state index is -0.383. The fourth-order valence-electron chi connectivity index (χ4n) is 2.50. The van der Waals surface area contributed by atoms with E-state index in [2.05, 4.69) is 10.3 Å². The van der Waals surface area contributed by atoms with E-state index in [1.165, 1.54) is 11.3 Å². The summed E-state index contributed by atoms with van der Waals surface area (Å²) in [4.78, 5) is 30.4. The summed E-state index contributed by atoms with van der Waals surface area (Å²) in [6.45, 7) is 4.13. The number of thiazole rings is 1. The molecule has 0 spiro atoms. The minimum Gasteiger partial charge on any atom is -0.312 e. The monoisotopic (exact) mass is 349 g/mol. The third kappa shape index (κ3) is 3.38. The van der Waals surface area contributed by atoms with Gasteiger partial charge in [-0.15, -0.1) is 11.3 Å². The second-order valence-electron chi connectivity index (χ2n) is 5.62. The van der Waals surface area contributed by atoms with Crippen LogP contribution in [0.1, 0.15) is 17.7 Å². The Kier molecular flexibility index (Phi) is 4.37. The van der Waals surface area contributed by atoms with Crippen molar-refractivity contribution in [1.82, 2.24) is 4.98 Å². The Hall–Kier alpha value is -1.92. The number of rotatable bonds is 3. The van der Waals surface area contributed by atoms with Gasteiger partial charge in [-0.3, -0.25) is 9.59 Å². The van der Waals surface area contributed by atoms with E-state index >= 15 is 0 Å². The normalized spacial score (nSPS) is 17.6. The Morgan fingerprint density at radius 3 is 2.87 bits per heavy atom. The highest BCUT2D eigenvalue weighted by Crippen LogP contribution is 2.29. The topological polar surface area (TPSA) is 62.3 Å². The summed E-state index contributed by atoms with van der Waals surface area (Å²) in [6.07, 6.45) is 0.196. The van der Waals surface area contributed by atoms with E-state index < -0.39 is 0 Å². The van der Waals surface area contributed by atoms with Crippen molar-refractivity contribution >= 4 is 45.6 Å². The number of aryl methyl sites for hydroxylation is 2. The van der Waals surface area contributed by atoms with Crippen LogP contribution in [0, 0.1) is 19.8 Å². The van der Waals surface area contributed by atoms with Gasteiger partial charge in [-0.05, 0) is 31.5 Å². The Labute approximate surface area is 143 Å². The van der Waals surface area contributed by atoms with Crippen LogP contribution < -0.4 is 10.2 Å². The molecule has 120 valence electrons. The number of carbonyl (C=O) groups excluding carboxylic acids is 2. The maximum atomic E-state index is 12.3. The van der Waals surface area contributed by atoms with E-state index in [1.54, 1.807) is 11.0 Å². The number of hydrogen-bond donors (Lipinski definition) is 1. The zero-order valence-electron chi connectivity index (χ0n) is 12.8. The van der Waals surface area contributed by atoms with Crippen LogP contribution in [-0.2, 0) is 9.59 Å². The first-order valence-electron chi connectivity index (χ1n) is 7.23. The quantitative estimate of drug-likeness (QED) is 0.923. The van der Waals surface area contributed by atoms with Gasteiger partial charge in [0.25, 0.3) is 0 Å². The lowest BCUT2D eigenvalue weighted by atomic mass is 10.1. The molecule has 5 nitrogen and oxygen atoms in total. The molecule has 0 aliphatic carbocycles. The molecule has 1 N–H and O–H groups in total. The predicted octanol–water partition coefficient (Wildman–Crippen LogP) is 3.40. The van der Waals surface area contributed by atoms with Crippen molar-refractivity contribution in [3.8, 4) is 0 Å². The van der Waals surface area contributed by atoms with Crippen LogP contribution >= 0.6 is 22.9 Å². The SMILES string of the molecule is Cc1csc(NC(=O)C2CC(=O)N(c3ccc(C)c(Cl)c3)C2)n1. The first-order chi connectivity index (χ1) is 10.9. The molecule has 1 aliphatic rings. The van der Waals surface area contributed by atoms with E-state index in [-0.39, 0.29) is 24.2 Å². The highest BCUT2D eigenvalue weighted by atomic mass is 35.5. The van der Waals surface area contributed by atoms with E-state index in [4.69, 9.17) is 11.6 Å². The molecule has 1 atom stereocenters. The first kappa shape index (κ1) is 16.0. The van der Waals surface area contributed by atoms with Gasteiger partial charge < -0.3 is 10.2 Å². The number of anilines is 2. The van der Waals surface area contributed by atoms with Crippen molar-refractivity contribution < 1.29 is 9.59 Å². The summed E-state index contributed by atoms with van der Waals surface area (Å²) in [7, 11) is 0. The largest absolute Gasteiger partial charge is 0.312 e. The number of carbonyl (C=O) groups is 2. The van der Waals surface area contributed by atoms with Crippen LogP contribution in [0.5, 0.6) is 0 Å².